The van der Waals surface area contributed by atoms with Crippen LogP contribution in [0.4, 0.5) is 0 Å². The van der Waals surface area contributed by atoms with Crippen LogP contribution in [-0.4, -0.2) is 47.5 Å². The van der Waals surface area contributed by atoms with Gasteiger partial charge in [-0.25, -0.2) is 0 Å². The van der Waals surface area contributed by atoms with Crippen LogP contribution in [-0.2, 0) is 0 Å². The second kappa shape index (κ2) is 4.04. The largest absolute Gasteiger partial charge is 0.396 e. The van der Waals surface area contributed by atoms with E-state index in [4.69, 9.17) is 10.2 Å². The molecule has 0 aromatic rings. The maximum Gasteiger partial charge on any atom is 0.0558 e. The quantitative estimate of drug-likeness (QED) is 0.593. The Labute approximate surface area is 67.6 Å². The first-order valence-corrected chi connectivity index (χ1v) is 4.23. The fourth-order valence-electron chi connectivity index (χ4n) is 1.79. The highest BCUT2D eigenvalue weighted by Crippen LogP contribution is 2.21. The zero-order valence-electron chi connectivity index (χ0n) is 7.03. The van der Waals surface area contributed by atoms with Gasteiger partial charge in [0.15, 0.2) is 0 Å². The molecule has 66 valence electrons. The van der Waals surface area contributed by atoms with Crippen molar-refractivity contribution >= 4 is 0 Å². The minimum absolute atomic E-state index is 0.225. The van der Waals surface area contributed by atoms with Crippen molar-refractivity contribution in [2.75, 3.05) is 26.3 Å². The molecule has 1 saturated heterocycles. The molecule has 3 nitrogen and oxygen atoms in total. The van der Waals surface area contributed by atoms with Crippen LogP contribution < -0.4 is 0 Å². The van der Waals surface area contributed by atoms with Crippen molar-refractivity contribution in [1.82, 2.24) is 4.90 Å². The van der Waals surface area contributed by atoms with Gasteiger partial charge < -0.3 is 10.2 Å². The molecular weight excluding hydrogens is 142 g/mol. The Morgan fingerprint density at radius 2 is 2.18 bits per heavy atom. The third-order valence-corrected chi connectivity index (χ3v) is 2.44. The molecule has 1 heterocycles. The van der Waals surface area contributed by atoms with E-state index >= 15 is 0 Å². The molecule has 2 unspecified atom stereocenters. The van der Waals surface area contributed by atoms with E-state index in [1.54, 1.807) is 0 Å². The summed E-state index contributed by atoms with van der Waals surface area (Å²) in [7, 11) is 0. The topological polar surface area (TPSA) is 43.7 Å². The van der Waals surface area contributed by atoms with Crippen molar-refractivity contribution < 1.29 is 10.2 Å². The second-order valence-corrected chi connectivity index (χ2v) is 3.35. The fraction of sp³-hybridized carbons (Fsp3) is 1.00. The molecule has 11 heavy (non-hydrogen) atoms. The van der Waals surface area contributed by atoms with Gasteiger partial charge in [-0.05, 0) is 19.3 Å². The van der Waals surface area contributed by atoms with Crippen LogP contribution in [0.2, 0.25) is 0 Å². The second-order valence-electron chi connectivity index (χ2n) is 3.35. The molecular formula is C8H17NO2. The molecule has 0 spiro atoms. The predicted octanol–water partition coefficient (Wildman–Crippen LogP) is -0.319. The predicted molar refractivity (Wildman–Crippen MR) is 43.3 cm³/mol. The highest BCUT2D eigenvalue weighted by molar-refractivity contribution is 4.81. The number of nitrogens with zero attached hydrogens (tertiary/aromatic N) is 1. The molecule has 1 fully saturated rings. The van der Waals surface area contributed by atoms with Gasteiger partial charge in [0.25, 0.3) is 0 Å². The van der Waals surface area contributed by atoms with Gasteiger partial charge in [-0.1, -0.05) is 0 Å². The molecule has 2 N–H and O–H groups in total. The van der Waals surface area contributed by atoms with Crippen molar-refractivity contribution in [2.24, 2.45) is 5.92 Å². The molecule has 0 aromatic carbocycles. The van der Waals surface area contributed by atoms with E-state index in [-0.39, 0.29) is 13.2 Å². The molecule has 1 aliphatic rings. The summed E-state index contributed by atoms with van der Waals surface area (Å²) in [5, 5.41) is 17.6. The Morgan fingerprint density at radius 3 is 2.64 bits per heavy atom. The highest BCUT2D eigenvalue weighted by Gasteiger charge is 2.27. The Kier molecular flexibility index (Phi) is 3.30. The first kappa shape index (κ1) is 8.97. The van der Waals surface area contributed by atoms with E-state index in [0.29, 0.717) is 12.0 Å². The van der Waals surface area contributed by atoms with Crippen molar-refractivity contribution in [3.63, 3.8) is 0 Å². The smallest absolute Gasteiger partial charge is 0.0558 e. The summed E-state index contributed by atoms with van der Waals surface area (Å²) in [6.07, 6.45) is 1.07. The van der Waals surface area contributed by atoms with Gasteiger partial charge in [-0.2, -0.15) is 0 Å². The lowest BCUT2D eigenvalue weighted by molar-refractivity contribution is 0.180. The number of aliphatic hydroxyl groups excluding tert-OH is 2. The first-order valence-electron chi connectivity index (χ1n) is 4.23. The standard InChI is InChI=1S/C8H17NO2/c1-7-4-8(6-11)5-9(7)2-3-10/h7-8,10-11H,2-6H2,1H3. The van der Waals surface area contributed by atoms with E-state index in [2.05, 4.69) is 11.8 Å². The molecule has 0 bridgehead atoms. The summed E-state index contributed by atoms with van der Waals surface area (Å²) in [6.45, 7) is 4.34. The van der Waals surface area contributed by atoms with E-state index < -0.39 is 0 Å². The van der Waals surface area contributed by atoms with Gasteiger partial charge in [0.05, 0.1) is 6.61 Å². The number of aliphatic hydroxyl groups is 2. The molecule has 1 aliphatic heterocycles. The average molecular weight is 159 g/mol. The minimum atomic E-state index is 0.225. The molecule has 0 aromatic heterocycles. The zero-order chi connectivity index (χ0) is 8.27. The summed E-state index contributed by atoms with van der Waals surface area (Å²) in [5.74, 6) is 0.427. The monoisotopic (exact) mass is 159 g/mol. The summed E-state index contributed by atoms with van der Waals surface area (Å²) in [6, 6.07) is 0.527. The van der Waals surface area contributed by atoms with Gasteiger partial charge in [0.1, 0.15) is 0 Å². The van der Waals surface area contributed by atoms with Crippen molar-refractivity contribution in [3.05, 3.63) is 0 Å². The van der Waals surface area contributed by atoms with Gasteiger partial charge in [0, 0.05) is 25.7 Å². The molecule has 0 saturated carbocycles. The number of β-amino-alcohol motifs (C(OH)–C–C–N with tert-alkyl or cyclic N) is 1. The number of hydrogen-bond acceptors (Lipinski definition) is 3. The van der Waals surface area contributed by atoms with Gasteiger partial charge >= 0.3 is 0 Å². The number of hydrogen-bond donors (Lipinski definition) is 2. The van der Waals surface area contributed by atoms with Crippen LogP contribution in [0, 0.1) is 5.92 Å². The maximum absolute atomic E-state index is 8.88. The van der Waals surface area contributed by atoms with Crippen LogP contribution >= 0.6 is 0 Å². The lowest BCUT2D eigenvalue weighted by Gasteiger charge is -2.18. The van der Waals surface area contributed by atoms with E-state index in [1.807, 2.05) is 0 Å². The molecule has 0 radical (unpaired) electrons. The van der Waals surface area contributed by atoms with E-state index in [9.17, 15) is 0 Å². The summed E-state index contributed by atoms with van der Waals surface area (Å²) >= 11 is 0. The SMILES string of the molecule is CC1CC(CO)CN1CCO. The normalized spacial score (nSPS) is 33.0. The number of likely N-dealkylation sites (tertiary alicyclic amines) is 1. The summed E-state index contributed by atoms with van der Waals surface area (Å²) in [5.41, 5.74) is 0. The zero-order valence-corrected chi connectivity index (χ0v) is 7.03. The van der Waals surface area contributed by atoms with Crippen molar-refractivity contribution in [2.45, 2.75) is 19.4 Å². The third kappa shape index (κ3) is 2.15. The molecule has 3 heteroatoms. The van der Waals surface area contributed by atoms with Gasteiger partial charge in [-0.3, -0.25) is 4.90 Å². The maximum atomic E-state index is 8.88. The third-order valence-electron chi connectivity index (χ3n) is 2.44. The van der Waals surface area contributed by atoms with Crippen LogP contribution in [0.5, 0.6) is 0 Å². The van der Waals surface area contributed by atoms with Crippen LogP contribution in [0.25, 0.3) is 0 Å². The van der Waals surface area contributed by atoms with E-state index in [1.165, 1.54) is 0 Å². The van der Waals surface area contributed by atoms with Crippen molar-refractivity contribution in [3.8, 4) is 0 Å². The van der Waals surface area contributed by atoms with Crippen LogP contribution in [0.3, 0.4) is 0 Å². The van der Waals surface area contributed by atoms with Crippen LogP contribution in [0.15, 0.2) is 0 Å². The van der Waals surface area contributed by atoms with Crippen molar-refractivity contribution in [1.29, 1.82) is 0 Å². The fourth-order valence-corrected chi connectivity index (χ4v) is 1.79. The van der Waals surface area contributed by atoms with E-state index in [0.717, 1.165) is 19.5 Å². The Hall–Kier alpha value is -0.120. The molecule has 1 rings (SSSR count). The average Bonchev–Trinajstić information content (AvgIpc) is 2.33. The van der Waals surface area contributed by atoms with Crippen LogP contribution in [0.1, 0.15) is 13.3 Å². The minimum Gasteiger partial charge on any atom is -0.396 e. The summed E-state index contributed by atoms with van der Waals surface area (Å²) < 4.78 is 0. The lowest BCUT2D eigenvalue weighted by Crippen LogP contribution is -2.30. The Bertz CT molecular complexity index is 119. The molecule has 0 aliphatic carbocycles. The summed E-state index contributed by atoms with van der Waals surface area (Å²) in [4.78, 5) is 2.22. The number of rotatable bonds is 3. The van der Waals surface area contributed by atoms with Gasteiger partial charge in [0.2, 0.25) is 0 Å². The molecule has 0 amide bonds. The Morgan fingerprint density at radius 1 is 1.45 bits per heavy atom. The highest BCUT2D eigenvalue weighted by atomic mass is 16.3. The molecule has 2 atom stereocenters. The van der Waals surface area contributed by atoms with Gasteiger partial charge in [-0.15, -0.1) is 0 Å². The lowest BCUT2D eigenvalue weighted by atomic mass is 10.1. The first-order chi connectivity index (χ1) is 5.27. The Balaban J connectivity index is 2.32.